The van der Waals surface area contributed by atoms with Gasteiger partial charge in [-0.25, -0.2) is 0 Å². The Kier molecular flexibility index (Phi) is 6.25. The highest BCUT2D eigenvalue weighted by atomic mass is 16.5. The van der Waals surface area contributed by atoms with E-state index >= 15 is 0 Å². The van der Waals surface area contributed by atoms with Gasteiger partial charge in [-0.3, -0.25) is 4.79 Å². The molecule has 0 amide bonds. The van der Waals surface area contributed by atoms with Gasteiger partial charge in [0.15, 0.2) is 0 Å². The summed E-state index contributed by atoms with van der Waals surface area (Å²) in [5.74, 6) is 0.767. The minimum absolute atomic E-state index is 0.178. The second-order valence-corrected chi connectivity index (χ2v) is 6.30. The molecule has 3 heteroatoms. The van der Waals surface area contributed by atoms with Crippen LogP contribution < -0.4 is 4.74 Å². The number of carbonyl (C=O) groups is 1. The van der Waals surface area contributed by atoms with Crippen molar-refractivity contribution in [1.82, 2.24) is 0 Å². The van der Waals surface area contributed by atoms with Crippen molar-refractivity contribution in [3.05, 3.63) is 28.8 Å². The summed E-state index contributed by atoms with van der Waals surface area (Å²) in [7, 11) is 1.44. The maximum atomic E-state index is 11.8. The molecular formula is C18H28O3. The molecule has 0 radical (unpaired) electrons. The van der Waals surface area contributed by atoms with E-state index in [1.807, 2.05) is 13.8 Å². The van der Waals surface area contributed by atoms with Gasteiger partial charge < -0.3 is 9.47 Å². The largest absolute Gasteiger partial charge is 0.493 e. The predicted octanol–water partition coefficient (Wildman–Crippen LogP) is 4.22. The molecule has 0 aliphatic carbocycles. The van der Waals surface area contributed by atoms with E-state index in [-0.39, 0.29) is 5.97 Å². The molecule has 0 atom stereocenters. The van der Waals surface area contributed by atoms with Gasteiger partial charge in [0.25, 0.3) is 0 Å². The van der Waals surface area contributed by atoms with Crippen molar-refractivity contribution in [3.8, 4) is 5.75 Å². The molecule has 1 aromatic carbocycles. The van der Waals surface area contributed by atoms with Crippen LogP contribution in [-0.2, 0) is 16.0 Å². The van der Waals surface area contributed by atoms with Gasteiger partial charge in [0.05, 0.1) is 19.1 Å². The van der Waals surface area contributed by atoms with Crippen LogP contribution in [0.25, 0.3) is 0 Å². The van der Waals surface area contributed by atoms with Crippen LogP contribution in [0.4, 0.5) is 0 Å². The van der Waals surface area contributed by atoms with Crippen LogP contribution in [0.5, 0.6) is 5.75 Å². The number of aryl methyl sites for hydroxylation is 2. The molecule has 1 aromatic rings. The molecule has 0 bridgehead atoms. The fourth-order valence-corrected chi connectivity index (χ4v) is 2.35. The van der Waals surface area contributed by atoms with Gasteiger partial charge in [-0.05, 0) is 63.3 Å². The Balaban J connectivity index is 2.91. The van der Waals surface area contributed by atoms with E-state index in [2.05, 4.69) is 32.9 Å². The molecule has 0 N–H and O–H groups in total. The fraction of sp³-hybridized carbons (Fsp3) is 0.611. The number of rotatable bonds is 7. The first-order valence-corrected chi connectivity index (χ1v) is 7.63. The van der Waals surface area contributed by atoms with Crippen molar-refractivity contribution < 1.29 is 14.3 Å². The quantitative estimate of drug-likeness (QED) is 0.557. The van der Waals surface area contributed by atoms with Crippen molar-refractivity contribution in [3.63, 3.8) is 0 Å². The van der Waals surface area contributed by atoms with Crippen molar-refractivity contribution >= 4 is 5.97 Å². The lowest BCUT2D eigenvalue weighted by atomic mass is 9.84. The van der Waals surface area contributed by atoms with Gasteiger partial charge in [-0.1, -0.05) is 19.4 Å². The van der Waals surface area contributed by atoms with E-state index in [4.69, 9.17) is 9.47 Å². The van der Waals surface area contributed by atoms with Gasteiger partial charge >= 0.3 is 5.97 Å². The van der Waals surface area contributed by atoms with E-state index in [9.17, 15) is 4.79 Å². The molecule has 0 heterocycles. The Labute approximate surface area is 128 Å². The van der Waals surface area contributed by atoms with E-state index in [0.29, 0.717) is 6.42 Å². The van der Waals surface area contributed by atoms with Crippen molar-refractivity contribution in [2.24, 2.45) is 5.41 Å². The topological polar surface area (TPSA) is 35.5 Å². The standard InChI is InChI=1S/C18H28O3/c1-7-8-9-21-16-11-13(2)15(10-14(16)3)12-18(4,5)17(19)20-6/h10-11H,7-9,12H2,1-6H3. The smallest absolute Gasteiger partial charge is 0.311 e. The van der Waals surface area contributed by atoms with Crippen molar-refractivity contribution in [2.75, 3.05) is 13.7 Å². The first kappa shape index (κ1) is 17.5. The number of methoxy groups -OCH3 is 1. The number of hydrogen-bond acceptors (Lipinski definition) is 3. The second-order valence-electron chi connectivity index (χ2n) is 6.30. The van der Waals surface area contributed by atoms with E-state index < -0.39 is 5.41 Å². The average Bonchev–Trinajstić information content (AvgIpc) is 2.42. The summed E-state index contributed by atoms with van der Waals surface area (Å²) < 4.78 is 10.7. The molecular weight excluding hydrogens is 264 g/mol. The van der Waals surface area contributed by atoms with Gasteiger partial charge in [-0.2, -0.15) is 0 Å². The molecule has 0 saturated carbocycles. The minimum Gasteiger partial charge on any atom is -0.493 e. The second kappa shape index (κ2) is 7.48. The lowest BCUT2D eigenvalue weighted by Gasteiger charge is -2.23. The average molecular weight is 292 g/mol. The molecule has 0 aliphatic rings. The predicted molar refractivity (Wildman–Crippen MR) is 85.8 cm³/mol. The van der Waals surface area contributed by atoms with Gasteiger partial charge in [0.1, 0.15) is 5.75 Å². The zero-order chi connectivity index (χ0) is 16.0. The summed E-state index contributed by atoms with van der Waals surface area (Å²) in [6, 6.07) is 4.20. The highest BCUT2D eigenvalue weighted by Gasteiger charge is 2.29. The highest BCUT2D eigenvalue weighted by molar-refractivity contribution is 5.76. The summed E-state index contributed by atoms with van der Waals surface area (Å²) in [5, 5.41) is 0. The molecule has 0 fully saturated rings. The zero-order valence-electron chi connectivity index (χ0n) is 14.2. The van der Waals surface area contributed by atoms with Crippen LogP contribution in [-0.4, -0.2) is 19.7 Å². The maximum Gasteiger partial charge on any atom is 0.311 e. The van der Waals surface area contributed by atoms with Gasteiger partial charge in [-0.15, -0.1) is 0 Å². The summed E-state index contributed by atoms with van der Waals surface area (Å²) in [6.45, 7) is 10.9. The Bertz CT molecular complexity index is 489. The summed E-state index contributed by atoms with van der Waals surface area (Å²) in [5.41, 5.74) is 2.93. The molecule has 3 nitrogen and oxygen atoms in total. The Hall–Kier alpha value is -1.51. The molecule has 0 saturated heterocycles. The number of benzene rings is 1. The van der Waals surface area contributed by atoms with E-state index in [1.165, 1.54) is 12.7 Å². The fourth-order valence-electron chi connectivity index (χ4n) is 2.35. The maximum absolute atomic E-state index is 11.8. The van der Waals surface area contributed by atoms with Crippen LogP contribution in [0.3, 0.4) is 0 Å². The highest BCUT2D eigenvalue weighted by Crippen LogP contribution is 2.29. The molecule has 0 spiro atoms. The van der Waals surface area contributed by atoms with E-state index in [0.717, 1.165) is 36.3 Å². The number of hydrogen-bond donors (Lipinski definition) is 0. The summed E-state index contributed by atoms with van der Waals surface area (Å²) in [6.07, 6.45) is 2.86. The third-order valence-corrected chi connectivity index (χ3v) is 3.76. The Morgan fingerprint density at radius 1 is 1.19 bits per heavy atom. The molecule has 118 valence electrons. The third-order valence-electron chi connectivity index (χ3n) is 3.76. The summed E-state index contributed by atoms with van der Waals surface area (Å²) >= 11 is 0. The number of ether oxygens (including phenoxy) is 2. The lowest BCUT2D eigenvalue weighted by Crippen LogP contribution is -2.28. The first-order chi connectivity index (χ1) is 9.81. The Morgan fingerprint density at radius 2 is 1.86 bits per heavy atom. The molecule has 0 unspecified atom stereocenters. The zero-order valence-corrected chi connectivity index (χ0v) is 14.2. The number of unbranched alkanes of at least 4 members (excludes halogenated alkanes) is 1. The number of carbonyl (C=O) groups excluding carboxylic acids is 1. The monoisotopic (exact) mass is 292 g/mol. The minimum atomic E-state index is -0.517. The van der Waals surface area contributed by atoms with Crippen LogP contribution in [0, 0.1) is 19.3 Å². The Morgan fingerprint density at radius 3 is 2.43 bits per heavy atom. The molecule has 0 aromatic heterocycles. The van der Waals surface area contributed by atoms with Crippen molar-refractivity contribution in [1.29, 1.82) is 0 Å². The van der Waals surface area contributed by atoms with Crippen LogP contribution >= 0.6 is 0 Å². The van der Waals surface area contributed by atoms with Crippen molar-refractivity contribution in [2.45, 2.75) is 53.9 Å². The molecule has 0 aliphatic heterocycles. The van der Waals surface area contributed by atoms with Gasteiger partial charge in [0, 0.05) is 0 Å². The first-order valence-electron chi connectivity index (χ1n) is 7.63. The molecule has 1 rings (SSSR count). The lowest BCUT2D eigenvalue weighted by molar-refractivity contribution is -0.150. The summed E-state index contributed by atoms with van der Waals surface area (Å²) in [4.78, 5) is 11.8. The number of esters is 1. The van der Waals surface area contributed by atoms with E-state index in [1.54, 1.807) is 0 Å². The SMILES string of the molecule is CCCCOc1cc(C)c(CC(C)(C)C(=O)OC)cc1C. The van der Waals surface area contributed by atoms with Gasteiger partial charge in [0.2, 0.25) is 0 Å². The van der Waals surface area contributed by atoms with Crippen LogP contribution in [0.15, 0.2) is 12.1 Å². The van der Waals surface area contributed by atoms with Crippen LogP contribution in [0.1, 0.15) is 50.3 Å². The van der Waals surface area contributed by atoms with Crippen LogP contribution in [0.2, 0.25) is 0 Å². The molecule has 21 heavy (non-hydrogen) atoms. The third kappa shape index (κ3) is 4.76. The normalized spacial score (nSPS) is 11.3.